The van der Waals surface area contributed by atoms with Crippen LogP contribution in [0, 0.1) is 5.82 Å². The van der Waals surface area contributed by atoms with E-state index in [4.69, 9.17) is 4.42 Å². The van der Waals surface area contributed by atoms with E-state index in [0.717, 1.165) is 5.56 Å². The van der Waals surface area contributed by atoms with E-state index in [-0.39, 0.29) is 11.0 Å². The summed E-state index contributed by atoms with van der Waals surface area (Å²) in [5.74, 6) is -0.725. The highest BCUT2D eigenvalue weighted by molar-refractivity contribution is 6.05. The molecule has 1 aromatic heterocycles. The minimum absolute atomic E-state index is 0.0657. The van der Waals surface area contributed by atoms with E-state index in [0.29, 0.717) is 22.4 Å². The number of amides is 1. The van der Waals surface area contributed by atoms with Crippen molar-refractivity contribution in [3.05, 3.63) is 100 Å². The molecule has 0 aliphatic carbocycles. The van der Waals surface area contributed by atoms with Crippen molar-refractivity contribution in [2.45, 2.75) is 0 Å². The minimum Gasteiger partial charge on any atom is -0.456 e. The molecule has 0 atom stereocenters. The molecule has 0 fully saturated rings. The van der Waals surface area contributed by atoms with E-state index in [1.165, 1.54) is 30.3 Å². The SMILES string of the molecule is O=C(Nc1ccc2oc(-c3ccccc3)cc(=O)c2c1)c1ccccc1F. The molecule has 4 rings (SSSR count). The lowest BCUT2D eigenvalue weighted by molar-refractivity contribution is 0.102. The smallest absolute Gasteiger partial charge is 0.258 e. The summed E-state index contributed by atoms with van der Waals surface area (Å²) in [5, 5.41) is 2.94. The number of carbonyl (C=O) groups excluding carboxylic acids is 1. The topological polar surface area (TPSA) is 59.3 Å². The van der Waals surface area contributed by atoms with Gasteiger partial charge in [0.15, 0.2) is 5.43 Å². The van der Waals surface area contributed by atoms with Crippen LogP contribution < -0.4 is 10.7 Å². The molecule has 0 saturated carbocycles. The second-order valence-corrected chi connectivity index (χ2v) is 5.99. The zero-order valence-electron chi connectivity index (χ0n) is 14.1. The van der Waals surface area contributed by atoms with Gasteiger partial charge in [0.1, 0.15) is 17.2 Å². The summed E-state index contributed by atoms with van der Waals surface area (Å²) in [6, 6.07) is 21.2. The maximum atomic E-state index is 13.7. The van der Waals surface area contributed by atoms with Crippen molar-refractivity contribution in [3.8, 4) is 11.3 Å². The molecule has 4 nitrogen and oxygen atoms in total. The Morgan fingerprint density at radius 3 is 2.41 bits per heavy atom. The van der Waals surface area contributed by atoms with Crippen LogP contribution in [0.3, 0.4) is 0 Å². The van der Waals surface area contributed by atoms with E-state index >= 15 is 0 Å². The molecule has 4 aromatic rings. The van der Waals surface area contributed by atoms with Crippen LogP contribution >= 0.6 is 0 Å². The molecule has 0 unspecified atom stereocenters. The number of hydrogen-bond donors (Lipinski definition) is 1. The molecular weight excluding hydrogens is 345 g/mol. The Bertz CT molecular complexity index is 1200. The van der Waals surface area contributed by atoms with Gasteiger partial charge in [-0.1, -0.05) is 42.5 Å². The summed E-state index contributed by atoms with van der Waals surface area (Å²) < 4.78 is 19.6. The number of fused-ring (bicyclic) bond motifs is 1. The first-order valence-corrected chi connectivity index (χ1v) is 8.31. The monoisotopic (exact) mass is 359 g/mol. The van der Waals surface area contributed by atoms with Gasteiger partial charge < -0.3 is 9.73 Å². The Morgan fingerprint density at radius 2 is 1.63 bits per heavy atom. The zero-order chi connectivity index (χ0) is 18.8. The third-order valence-electron chi connectivity index (χ3n) is 4.16. The van der Waals surface area contributed by atoms with Crippen LogP contribution in [0.15, 0.2) is 88.1 Å². The summed E-state index contributed by atoms with van der Waals surface area (Å²) in [6.45, 7) is 0. The molecule has 0 spiro atoms. The summed E-state index contributed by atoms with van der Waals surface area (Å²) in [4.78, 5) is 24.7. The molecule has 0 saturated heterocycles. The molecule has 27 heavy (non-hydrogen) atoms. The number of anilines is 1. The van der Waals surface area contributed by atoms with Crippen molar-refractivity contribution in [3.63, 3.8) is 0 Å². The summed E-state index contributed by atoms with van der Waals surface area (Å²) in [6.07, 6.45) is 0. The molecule has 1 N–H and O–H groups in total. The van der Waals surface area contributed by atoms with Gasteiger partial charge in [-0.25, -0.2) is 4.39 Å². The van der Waals surface area contributed by atoms with Crippen molar-refractivity contribution < 1.29 is 13.6 Å². The summed E-state index contributed by atoms with van der Waals surface area (Å²) >= 11 is 0. The van der Waals surface area contributed by atoms with Crippen molar-refractivity contribution in [1.82, 2.24) is 0 Å². The highest BCUT2D eigenvalue weighted by Crippen LogP contribution is 2.24. The fourth-order valence-corrected chi connectivity index (χ4v) is 2.82. The fourth-order valence-electron chi connectivity index (χ4n) is 2.82. The van der Waals surface area contributed by atoms with Crippen molar-refractivity contribution in [1.29, 1.82) is 0 Å². The molecule has 0 radical (unpaired) electrons. The van der Waals surface area contributed by atoms with Gasteiger partial charge in [-0.05, 0) is 30.3 Å². The first kappa shape index (κ1) is 16.7. The zero-order valence-corrected chi connectivity index (χ0v) is 14.1. The summed E-state index contributed by atoms with van der Waals surface area (Å²) in [5.41, 5.74) is 1.30. The van der Waals surface area contributed by atoms with E-state index in [2.05, 4.69) is 5.32 Å². The highest BCUT2D eigenvalue weighted by atomic mass is 19.1. The average Bonchev–Trinajstić information content (AvgIpc) is 2.69. The number of benzene rings is 3. The van der Waals surface area contributed by atoms with Crippen molar-refractivity contribution >= 4 is 22.6 Å². The highest BCUT2D eigenvalue weighted by Gasteiger charge is 2.12. The predicted molar refractivity (Wildman–Crippen MR) is 102 cm³/mol. The Hall–Kier alpha value is -3.73. The van der Waals surface area contributed by atoms with Crippen molar-refractivity contribution in [2.75, 3.05) is 5.32 Å². The van der Waals surface area contributed by atoms with Crippen LogP contribution in [0.4, 0.5) is 10.1 Å². The normalized spacial score (nSPS) is 10.7. The lowest BCUT2D eigenvalue weighted by atomic mass is 10.1. The largest absolute Gasteiger partial charge is 0.456 e. The molecule has 1 amide bonds. The van der Waals surface area contributed by atoms with Gasteiger partial charge in [-0.2, -0.15) is 0 Å². The molecule has 5 heteroatoms. The third kappa shape index (κ3) is 3.35. The number of halogens is 1. The lowest BCUT2D eigenvalue weighted by Gasteiger charge is -2.08. The van der Waals surface area contributed by atoms with Crippen LogP contribution in [-0.2, 0) is 0 Å². The number of nitrogens with one attached hydrogen (secondary N) is 1. The Labute approximate surface area is 153 Å². The van der Waals surface area contributed by atoms with Crippen LogP contribution in [0.25, 0.3) is 22.3 Å². The van der Waals surface area contributed by atoms with Gasteiger partial charge in [0.2, 0.25) is 0 Å². The maximum Gasteiger partial charge on any atom is 0.258 e. The first-order chi connectivity index (χ1) is 13.1. The second kappa shape index (κ2) is 6.88. The fraction of sp³-hybridized carbons (Fsp3) is 0. The van der Waals surface area contributed by atoms with E-state index in [1.54, 1.807) is 18.2 Å². The second-order valence-electron chi connectivity index (χ2n) is 5.99. The van der Waals surface area contributed by atoms with Gasteiger partial charge in [0, 0.05) is 17.3 Å². The van der Waals surface area contributed by atoms with Crippen LogP contribution in [0.1, 0.15) is 10.4 Å². The van der Waals surface area contributed by atoms with Gasteiger partial charge in [-0.3, -0.25) is 9.59 Å². The molecule has 0 bridgehead atoms. The molecule has 1 heterocycles. The third-order valence-corrected chi connectivity index (χ3v) is 4.16. The lowest BCUT2D eigenvalue weighted by Crippen LogP contribution is -2.14. The van der Waals surface area contributed by atoms with Gasteiger partial charge in [0.05, 0.1) is 10.9 Å². The van der Waals surface area contributed by atoms with Gasteiger partial charge >= 0.3 is 0 Å². The number of rotatable bonds is 3. The number of carbonyl (C=O) groups is 1. The van der Waals surface area contributed by atoms with Crippen LogP contribution in [-0.4, -0.2) is 5.91 Å². The Morgan fingerprint density at radius 1 is 0.889 bits per heavy atom. The molecule has 132 valence electrons. The molecule has 3 aromatic carbocycles. The van der Waals surface area contributed by atoms with E-state index in [9.17, 15) is 14.0 Å². The summed E-state index contributed by atoms with van der Waals surface area (Å²) in [7, 11) is 0. The Kier molecular flexibility index (Phi) is 4.26. The average molecular weight is 359 g/mol. The minimum atomic E-state index is -0.609. The molecule has 0 aliphatic rings. The predicted octanol–water partition coefficient (Wildman–Crippen LogP) is 4.85. The maximum absolute atomic E-state index is 13.7. The van der Waals surface area contributed by atoms with Gasteiger partial charge in [0.25, 0.3) is 5.91 Å². The molecular formula is C22H14FNO3. The van der Waals surface area contributed by atoms with Gasteiger partial charge in [-0.15, -0.1) is 0 Å². The Balaban J connectivity index is 1.69. The standard InChI is InChI=1S/C22H14FNO3/c23-18-9-5-4-8-16(18)22(26)24-15-10-11-20-17(12-15)19(25)13-21(27-20)14-6-2-1-3-7-14/h1-13H,(H,24,26). The first-order valence-electron chi connectivity index (χ1n) is 8.31. The quantitative estimate of drug-likeness (QED) is 0.569. The molecule has 0 aliphatic heterocycles. The van der Waals surface area contributed by atoms with Crippen LogP contribution in [0.2, 0.25) is 0 Å². The van der Waals surface area contributed by atoms with Crippen LogP contribution in [0.5, 0.6) is 0 Å². The van der Waals surface area contributed by atoms with E-state index < -0.39 is 11.7 Å². The van der Waals surface area contributed by atoms with Crippen molar-refractivity contribution in [2.24, 2.45) is 0 Å². The number of hydrogen-bond acceptors (Lipinski definition) is 3. The van der Waals surface area contributed by atoms with E-state index in [1.807, 2.05) is 30.3 Å².